The van der Waals surface area contributed by atoms with Crippen molar-refractivity contribution in [3.8, 4) is 28.4 Å². The van der Waals surface area contributed by atoms with E-state index in [-0.39, 0.29) is 36.0 Å². The summed E-state index contributed by atoms with van der Waals surface area (Å²) < 4.78 is 78.2. The van der Waals surface area contributed by atoms with Crippen LogP contribution in [0.15, 0.2) is 60.7 Å². The molecule has 0 spiro atoms. The summed E-state index contributed by atoms with van der Waals surface area (Å²) in [6.07, 6.45) is -0.556. The molecule has 2 nitrogen and oxygen atoms in total. The number of hydrogen-bond donors (Lipinski definition) is 0. The first-order valence-corrected chi connectivity index (χ1v) is 11.4. The maximum absolute atomic E-state index is 15.9. The molecule has 1 aliphatic rings. The van der Waals surface area contributed by atoms with Crippen molar-refractivity contribution in [3.05, 3.63) is 77.9 Å². The molecule has 3 aromatic rings. The van der Waals surface area contributed by atoms with Crippen molar-refractivity contribution < 1.29 is 31.4 Å². The van der Waals surface area contributed by atoms with E-state index in [1.807, 2.05) is 0 Å². The van der Waals surface area contributed by atoms with E-state index >= 15 is 8.78 Å². The molecule has 0 N–H and O–H groups in total. The zero-order chi connectivity index (χ0) is 24.3. The third-order valence-electron chi connectivity index (χ3n) is 6.40. The lowest BCUT2D eigenvalue weighted by Gasteiger charge is -2.29. The molecule has 0 radical (unpaired) electrons. The van der Waals surface area contributed by atoms with Crippen molar-refractivity contribution in [2.24, 2.45) is 5.92 Å². The predicted molar refractivity (Wildman–Crippen MR) is 127 cm³/mol. The first-order valence-electron chi connectivity index (χ1n) is 11.4. The summed E-state index contributed by atoms with van der Waals surface area (Å²) in [6, 6.07) is 14.7. The minimum atomic E-state index is -4.82. The van der Waals surface area contributed by atoms with Crippen LogP contribution in [0.1, 0.15) is 57.9 Å². The lowest BCUT2D eigenvalue weighted by molar-refractivity contribution is -0.274. The first kappa shape index (κ1) is 26.5. The minimum Gasteiger partial charge on any atom is -0.454 e. The number of ether oxygens (including phenoxy) is 2. The van der Waals surface area contributed by atoms with Crippen LogP contribution in [0.5, 0.6) is 17.2 Å². The number of halogens is 5. The second-order valence-electron chi connectivity index (χ2n) is 8.58. The molecule has 0 aliphatic heterocycles. The topological polar surface area (TPSA) is 18.5 Å². The fraction of sp³-hybridized carbons (Fsp3) is 0.357. The number of hydrogen-bond acceptors (Lipinski definition) is 2. The van der Waals surface area contributed by atoms with Gasteiger partial charge in [0, 0.05) is 11.1 Å². The molecule has 1 saturated carbocycles. The van der Waals surface area contributed by atoms with Gasteiger partial charge in [-0.25, -0.2) is 8.78 Å². The van der Waals surface area contributed by atoms with Gasteiger partial charge in [-0.15, -0.1) is 13.2 Å². The Hall–Kier alpha value is -3.09. The highest BCUT2D eigenvalue weighted by Gasteiger charge is 2.32. The van der Waals surface area contributed by atoms with Crippen LogP contribution in [-0.2, 0) is 0 Å². The first-order chi connectivity index (χ1) is 16.2. The van der Waals surface area contributed by atoms with E-state index in [0.717, 1.165) is 31.4 Å². The number of alkyl halides is 3. The molecular weight excluding hydrogens is 463 g/mol. The standard InChI is InChI=1S/C27H25F5O2.CH4/c1-2-17-8-10-19(11-9-17)24-23(28)16-22(18-6-4-3-5-7-18)26(25(24)29)33-20-12-14-21(15-13-20)34-27(30,31)32;/h3-7,12-17,19H,2,8-11H2,1H3;1H4/t17-,19-;. The van der Waals surface area contributed by atoms with Crippen molar-refractivity contribution in [1.29, 1.82) is 0 Å². The average Bonchev–Trinajstić information content (AvgIpc) is 2.82. The quantitative estimate of drug-likeness (QED) is 0.319. The van der Waals surface area contributed by atoms with Gasteiger partial charge in [-0.1, -0.05) is 51.1 Å². The fourth-order valence-electron chi connectivity index (χ4n) is 4.61. The van der Waals surface area contributed by atoms with Gasteiger partial charge >= 0.3 is 6.36 Å². The van der Waals surface area contributed by atoms with E-state index in [2.05, 4.69) is 11.7 Å². The van der Waals surface area contributed by atoms with E-state index in [0.29, 0.717) is 24.3 Å². The predicted octanol–water partition coefficient (Wildman–Crippen LogP) is 9.64. The molecule has 0 heterocycles. The molecule has 0 bridgehead atoms. The Morgan fingerprint density at radius 1 is 0.857 bits per heavy atom. The van der Waals surface area contributed by atoms with E-state index in [1.165, 1.54) is 18.2 Å². The Morgan fingerprint density at radius 2 is 1.46 bits per heavy atom. The third-order valence-corrected chi connectivity index (χ3v) is 6.40. The molecule has 1 fully saturated rings. The second-order valence-corrected chi connectivity index (χ2v) is 8.58. The van der Waals surface area contributed by atoms with Crippen LogP contribution in [0.25, 0.3) is 11.1 Å². The van der Waals surface area contributed by atoms with Crippen LogP contribution in [0, 0.1) is 17.6 Å². The molecule has 4 rings (SSSR count). The molecule has 35 heavy (non-hydrogen) atoms. The Balaban J connectivity index is 0.00000342. The summed E-state index contributed by atoms with van der Waals surface area (Å²) in [4.78, 5) is 0. The maximum Gasteiger partial charge on any atom is 0.573 e. The van der Waals surface area contributed by atoms with Crippen LogP contribution in [0.2, 0.25) is 0 Å². The van der Waals surface area contributed by atoms with Gasteiger partial charge in [-0.3, -0.25) is 0 Å². The molecule has 0 aromatic heterocycles. The highest BCUT2D eigenvalue weighted by molar-refractivity contribution is 5.72. The molecule has 188 valence electrons. The van der Waals surface area contributed by atoms with E-state index in [1.54, 1.807) is 30.3 Å². The van der Waals surface area contributed by atoms with E-state index in [4.69, 9.17) is 4.74 Å². The Kier molecular flexibility index (Phi) is 8.41. The highest BCUT2D eigenvalue weighted by atomic mass is 19.4. The Labute approximate surface area is 202 Å². The van der Waals surface area contributed by atoms with Crippen molar-refractivity contribution in [2.75, 3.05) is 0 Å². The van der Waals surface area contributed by atoms with Crippen molar-refractivity contribution in [3.63, 3.8) is 0 Å². The van der Waals surface area contributed by atoms with Crippen LogP contribution >= 0.6 is 0 Å². The summed E-state index contributed by atoms with van der Waals surface area (Å²) in [7, 11) is 0. The number of benzene rings is 3. The minimum absolute atomic E-state index is 0. The van der Waals surface area contributed by atoms with Crippen LogP contribution in [-0.4, -0.2) is 6.36 Å². The largest absolute Gasteiger partial charge is 0.573 e. The van der Waals surface area contributed by atoms with Gasteiger partial charge in [-0.2, -0.15) is 0 Å². The van der Waals surface area contributed by atoms with Crippen molar-refractivity contribution >= 4 is 0 Å². The van der Waals surface area contributed by atoms with E-state index in [9.17, 15) is 13.2 Å². The second kappa shape index (κ2) is 11.1. The highest BCUT2D eigenvalue weighted by Crippen LogP contribution is 2.45. The normalized spacial score (nSPS) is 18.0. The molecule has 0 unspecified atom stereocenters. The van der Waals surface area contributed by atoms with Crippen LogP contribution < -0.4 is 9.47 Å². The monoisotopic (exact) mass is 492 g/mol. The lowest BCUT2D eigenvalue weighted by atomic mass is 9.77. The zero-order valence-electron chi connectivity index (χ0n) is 18.7. The molecule has 0 amide bonds. The fourth-order valence-corrected chi connectivity index (χ4v) is 4.61. The summed E-state index contributed by atoms with van der Waals surface area (Å²) >= 11 is 0. The molecule has 7 heteroatoms. The summed E-state index contributed by atoms with van der Waals surface area (Å²) in [5.41, 5.74) is 0.812. The number of rotatable bonds is 6. The molecule has 0 atom stereocenters. The van der Waals surface area contributed by atoms with Gasteiger partial charge in [0.25, 0.3) is 0 Å². The van der Waals surface area contributed by atoms with Gasteiger partial charge in [0.1, 0.15) is 17.3 Å². The molecular formula is C28H29F5O2. The summed E-state index contributed by atoms with van der Waals surface area (Å²) in [6.45, 7) is 2.12. The van der Waals surface area contributed by atoms with Crippen LogP contribution in [0.4, 0.5) is 22.0 Å². The Bertz CT molecular complexity index is 1100. The van der Waals surface area contributed by atoms with E-state index < -0.39 is 23.7 Å². The van der Waals surface area contributed by atoms with Gasteiger partial charge in [0.05, 0.1) is 0 Å². The lowest BCUT2D eigenvalue weighted by Crippen LogP contribution is -2.17. The van der Waals surface area contributed by atoms with Gasteiger partial charge in [-0.05, 0) is 73.4 Å². The van der Waals surface area contributed by atoms with Gasteiger partial charge in [0.2, 0.25) is 0 Å². The summed E-state index contributed by atoms with van der Waals surface area (Å²) in [5.74, 6) is -1.53. The molecule has 3 aromatic carbocycles. The molecule has 0 saturated heterocycles. The smallest absolute Gasteiger partial charge is 0.454 e. The summed E-state index contributed by atoms with van der Waals surface area (Å²) in [5, 5.41) is 0. The molecule has 1 aliphatic carbocycles. The van der Waals surface area contributed by atoms with Gasteiger partial charge < -0.3 is 9.47 Å². The average molecular weight is 493 g/mol. The van der Waals surface area contributed by atoms with Crippen molar-refractivity contribution in [1.82, 2.24) is 0 Å². The Morgan fingerprint density at radius 3 is 2.03 bits per heavy atom. The SMILES string of the molecule is C.CC[C@H]1CC[C@H](c2c(F)cc(-c3ccccc3)c(Oc3ccc(OC(F)(F)F)cc3)c2F)CC1. The van der Waals surface area contributed by atoms with Crippen LogP contribution in [0.3, 0.4) is 0 Å². The third kappa shape index (κ3) is 6.32. The zero-order valence-corrected chi connectivity index (χ0v) is 18.7. The van der Waals surface area contributed by atoms with Gasteiger partial charge in [0.15, 0.2) is 11.6 Å². The maximum atomic E-state index is 15.9. The van der Waals surface area contributed by atoms with Crippen molar-refractivity contribution in [2.45, 2.75) is 58.7 Å².